The van der Waals surface area contributed by atoms with Crippen LogP contribution in [-0.2, 0) is 11.0 Å². The van der Waals surface area contributed by atoms with Gasteiger partial charge in [-0.15, -0.1) is 0 Å². The zero-order chi connectivity index (χ0) is 21.2. The zero-order valence-electron chi connectivity index (χ0n) is 14.8. The maximum atomic E-state index is 13.3. The number of halogens is 3. The zero-order valence-corrected chi connectivity index (χ0v) is 15.6. The Morgan fingerprint density at radius 2 is 2.03 bits per heavy atom. The van der Waals surface area contributed by atoms with E-state index in [4.69, 9.17) is 5.11 Å². The number of amides is 3. The molecular weight excluding hydrogens is 415 g/mol. The third-order valence-electron chi connectivity index (χ3n) is 4.38. The SMILES string of the molecule is O=C(O)NCC1CCN(c2nc(/C=C3/SC(=O)NC3=O)cc(C(F)(F)F)n2)CC1. The molecule has 0 atom stereocenters. The van der Waals surface area contributed by atoms with Gasteiger partial charge in [-0.05, 0) is 42.7 Å². The van der Waals surface area contributed by atoms with Gasteiger partial charge in [0.2, 0.25) is 5.95 Å². The first-order chi connectivity index (χ1) is 13.6. The number of alkyl halides is 3. The van der Waals surface area contributed by atoms with Crippen LogP contribution in [0.2, 0.25) is 0 Å². The second-order valence-corrected chi connectivity index (χ2v) is 7.46. The number of nitrogens with one attached hydrogen (secondary N) is 2. The molecule has 1 aromatic heterocycles. The molecule has 0 saturated carbocycles. The predicted octanol–water partition coefficient (Wildman–Crippen LogP) is 2.30. The molecule has 0 spiro atoms. The van der Waals surface area contributed by atoms with Gasteiger partial charge in [0, 0.05) is 19.6 Å². The lowest BCUT2D eigenvalue weighted by Crippen LogP contribution is -2.39. The monoisotopic (exact) mass is 431 g/mol. The van der Waals surface area contributed by atoms with E-state index in [1.165, 1.54) is 0 Å². The van der Waals surface area contributed by atoms with E-state index in [9.17, 15) is 27.6 Å². The number of piperidine rings is 1. The number of nitrogens with zero attached hydrogens (tertiary/aromatic N) is 3. The number of hydrogen-bond acceptors (Lipinski definition) is 7. The minimum absolute atomic E-state index is 0.0498. The van der Waals surface area contributed by atoms with Crippen LogP contribution in [0.25, 0.3) is 6.08 Å². The number of imide groups is 1. The van der Waals surface area contributed by atoms with Crippen molar-refractivity contribution in [1.29, 1.82) is 0 Å². The second-order valence-electron chi connectivity index (χ2n) is 6.44. The van der Waals surface area contributed by atoms with Gasteiger partial charge in [0.1, 0.15) is 0 Å². The van der Waals surface area contributed by atoms with Crippen LogP contribution in [0.4, 0.5) is 28.7 Å². The highest BCUT2D eigenvalue weighted by atomic mass is 32.2. The molecule has 13 heteroatoms. The summed E-state index contributed by atoms with van der Waals surface area (Å²) in [6.45, 7) is 0.984. The first-order valence-corrected chi connectivity index (χ1v) is 9.36. The van der Waals surface area contributed by atoms with Gasteiger partial charge >= 0.3 is 12.3 Å². The van der Waals surface area contributed by atoms with Gasteiger partial charge in [-0.1, -0.05) is 0 Å². The van der Waals surface area contributed by atoms with Crippen LogP contribution in [0, 0.1) is 5.92 Å². The summed E-state index contributed by atoms with van der Waals surface area (Å²) < 4.78 is 39.8. The molecule has 0 radical (unpaired) electrons. The molecule has 1 aromatic rings. The third-order valence-corrected chi connectivity index (χ3v) is 5.20. The number of aromatic nitrogens is 2. The van der Waals surface area contributed by atoms with Crippen LogP contribution in [0.5, 0.6) is 0 Å². The molecule has 2 saturated heterocycles. The minimum Gasteiger partial charge on any atom is -0.465 e. The minimum atomic E-state index is -4.71. The molecule has 156 valence electrons. The number of thioether (sulfide) groups is 1. The lowest BCUT2D eigenvalue weighted by molar-refractivity contribution is -0.141. The highest BCUT2D eigenvalue weighted by Gasteiger charge is 2.35. The predicted molar refractivity (Wildman–Crippen MR) is 97.1 cm³/mol. The van der Waals surface area contributed by atoms with Crippen LogP contribution in [-0.4, -0.2) is 51.9 Å². The van der Waals surface area contributed by atoms with E-state index in [0.717, 1.165) is 12.1 Å². The van der Waals surface area contributed by atoms with Gasteiger partial charge in [-0.25, -0.2) is 14.8 Å². The molecule has 2 fully saturated rings. The summed E-state index contributed by atoms with van der Waals surface area (Å²) in [5.41, 5.74) is -1.29. The number of carboxylic acid groups (broad SMARTS) is 1. The summed E-state index contributed by atoms with van der Waals surface area (Å²) in [5, 5.41) is 12.4. The Kier molecular flexibility index (Phi) is 5.96. The molecule has 0 aromatic carbocycles. The summed E-state index contributed by atoms with van der Waals surface area (Å²) in [6, 6.07) is 0.719. The second kappa shape index (κ2) is 8.27. The van der Waals surface area contributed by atoms with Crippen molar-refractivity contribution in [2.24, 2.45) is 5.92 Å². The molecule has 2 aliphatic heterocycles. The normalized spacial score (nSPS) is 19.6. The Bertz CT molecular complexity index is 869. The molecule has 2 aliphatic rings. The topological polar surface area (TPSA) is 125 Å². The van der Waals surface area contributed by atoms with Crippen molar-refractivity contribution in [2.45, 2.75) is 19.0 Å². The molecule has 3 heterocycles. The third kappa shape index (κ3) is 5.37. The largest absolute Gasteiger partial charge is 0.465 e. The quantitative estimate of drug-likeness (QED) is 0.621. The highest BCUT2D eigenvalue weighted by molar-refractivity contribution is 8.18. The summed E-state index contributed by atoms with van der Waals surface area (Å²) in [7, 11) is 0. The first kappa shape index (κ1) is 20.9. The maximum absolute atomic E-state index is 13.3. The first-order valence-electron chi connectivity index (χ1n) is 8.54. The van der Waals surface area contributed by atoms with Crippen molar-refractivity contribution in [3.8, 4) is 0 Å². The van der Waals surface area contributed by atoms with E-state index in [1.807, 2.05) is 5.32 Å². The average molecular weight is 431 g/mol. The van der Waals surface area contributed by atoms with Gasteiger partial charge in [-0.3, -0.25) is 14.9 Å². The van der Waals surface area contributed by atoms with Crippen molar-refractivity contribution < 1.29 is 32.7 Å². The van der Waals surface area contributed by atoms with E-state index < -0.39 is 29.1 Å². The lowest BCUT2D eigenvalue weighted by atomic mass is 9.97. The number of carbonyl (C=O) groups is 3. The number of carbonyl (C=O) groups excluding carboxylic acids is 2. The smallest absolute Gasteiger partial charge is 0.433 e. The summed E-state index contributed by atoms with van der Waals surface area (Å²) in [4.78, 5) is 42.7. The molecule has 0 bridgehead atoms. The van der Waals surface area contributed by atoms with Crippen molar-refractivity contribution in [3.05, 3.63) is 22.4 Å². The molecule has 0 aliphatic carbocycles. The van der Waals surface area contributed by atoms with Crippen LogP contribution < -0.4 is 15.5 Å². The molecular formula is C16H16F3N5O4S. The van der Waals surface area contributed by atoms with Gasteiger partial charge in [0.15, 0.2) is 5.69 Å². The lowest BCUT2D eigenvalue weighted by Gasteiger charge is -2.32. The fourth-order valence-electron chi connectivity index (χ4n) is 2.94. The van der Waals surface area contributed by atoms with Crippen LogP contribution in [0.1, 0.15) is 24.2 Å². The Hall–Kier alpha value is -2.83. The van der Waals surface area contributed by atoms with Gasteiger partial charge in [-0.2, -0.15) is 13.2 Å². The van der Waals surface area contributed by atoms with Gasteiger partial charge in [0.25, 0.3) is 11.1 Å². The van der Waals surface area contributed by atoms with Crippen molar-refractivity contribution in [3.63, 3.8) is 0 Å². The van der Waals surface area contributed by atoms with Gasteiger partial charge in [0.05, 0.1) is 10.6 Å². The van der Waals surface area contributed by atoms with E-state index in [-0.39, 0.29) is 29.0 Å². The Morgan fingerprint density at radius 1 is 1.34 bits per heavy atom. The molecule has 0 unspecified atom stereocenters. The van der Waals surface area contributed by atoms with Crippen molar-refractivity contribution in [1.82, 2.24) is 20.6 Å². The molecule has 9 nitrogen and oxygen atoms in total. The van der Waals surface area contributed by atoms with E-state index in [2.05, 4.69) is 15.3 Å². The summed E-state index contributed by atoms with van der Waals surface area (Å²) in [6.07, 6.45) is -3.60. The molecule has 29 heavy (non-hydrogen) atoms. The van der Waals surface area contributed by atoms with E-state index in [1.54, 1.807) is 4.90 Å². The molecule has 3 rings (SSSR count). The standard InChI is InChI=1S/C16H16F3N5O4S/c17-16(18,19)11-6-9(5-10-12(25)23-15(28)29-10)21-13(22-11)24-3-1-8(2-4-24)7-20-14(26)27/h5-6,8,20H,1-4,7H2,(H,26,27)(H,23,25,28)/b10-5+. The van der Waals surface area contributed by atoms with Crippen molar-refractivity contribution in [2.75, 3.05) is 24.5 Å². The average Bonchev–Trinajstić information content (AvgIpc) is 2.96. The fourth-order valence-corrected chi connectivity index (χ4v) is 3.60. The molecule has 3 amide bonds. The summed E-state index contributed by atoms with van der Waals surface area (Å²) in [5.74, 6) is -0.758. The summed E-state index contributed by atoms with van der Waals surface area (Å²) >= 11 is 0.583. The Labute approximate surface area is 166 Å². The van der Waals surface area contributed by atoms with Crippen LogP contribution >= 0.6 is 11.8 Å². The highest BCUT2D eigenvalue weighted by Crippen LogP contribution is 2.32. The van der Waals surface area contributed by atoms with Crippen LogP contribution in [0.3, 0.4) is 0 Å². The number of rotatable bonds is 4. The Morgan fingerprint density at radius 3 is 2.59 bits per heavy atom. The van der Waals surface area contributed by atoms with Gasteiger partial charge < -0.3 is 15.3 Å². The molecule has 3 N–H and O–H groups in total. The van der Waals surface area contributed by atoms with Crippen LogP contribution in [0.15, 0.2) is 11.0 Å². The number of hydrogen-bond donors (Lipinski definition) is 3. The maximum Gasteiger partial charge on any atom is 0.433 e. The van der Waals surface area contributed by atoms with E-state index >= 15 is 0 Å². The number of anilines is 1. The fraction of sp³-hybridized carbons (Fsp3) is 0.438. The van der Waals surface area contributed by atoms with E-state index in [0.29, 0.717) is 37.7 Å². The Balaban J connectivity index is 1.82. The van der Waals surface area contributed by atoms with Crippen molar-refractivity contribution >= 4 is 41.0 Å².